The molecule has 2 N–H and O–H groups in total. The van der Waals surface area contributed by atoms with E-state index in [-0.39, 0.29) is 23.6 Å². The highest BCUT2D eigenvalue weighted by Gasteiger charge is 2.33. The molecule has 0 radical (unpaired) electrons. The smallest absolute Gasteiger partial charge is 0.330 e. The Morgan fingerprint density at radius 1 is 1.14 bits per heavy atom. The predicted molar refractivity (Wildman–Crippen MR) is 110 cm³/mol. The van der Waals surface area contributed by atoms with Crippen LogP contribution in [0, 0.1) is 5.92 Å². The number of imidazole rings is 1. The van der Waals surface area contributed by atoms with Crippen molar-refractivity contribution in [1.29, 1.82) is 0 Å². The lowest BCUT2D eigenvalue weighted by molar-refractivity contribution is -0.130. The van der Waals surface area contributed by atoms with Crippen LogP contribution >= 0.6 is 0 Å². The van der Waals surface area contributed by atoms with Crippen LogP contribution in [0.3, 0.4) is 0 Å². The number of nitrogens with zero attached hydrogens (tertiary/aromatic N) is 3. The van der Waals surface area contributed by atoms with E-state index in [1.165, 1.54) is 0 Å². The van der Waals surface area contributed by atoms with Gasteiger partial charge in [0.2, 0.25) is 5.91 Å². The second kappa shape index (κ2) is 7.67. The van der Waals surface area contributed by atoms with Crippen LogP contribution in [0.5, 0.6) is 0 Å². The molecule has 29 heavy (non-hydrogen) atoms. The van der Waals surface area contributed by atoms with Crippen LogP contribution in [0.15, 0.2) is 23.0 Å². The van der Waals surface area contributed by atoms with Gasteiger partial charge in [0, 0.05) is 25.0 Å². The van der Waals surface area contributed by atoms with Gasteiger partial charge in [0.05, 0.1) is 16.7 Å². The number of carbonyl (C=O) groups excluding carboxylic acids is 2. The monoisotopic (exact) mass is 400 g/mol. The third kappa shape index (κ3) is 3.35. The fourth-order valence-electron chi connectivity index (χ4n) is 4.61. The molecule has 2 aliphatic rings. The maximum atomic E-state index is 13.4. The first kappa shape index (κ1) is 19.7. The van der Waals surface area contributed by atoms with Crippen LogP contribution in [0.2, 0.25) is 0 Å². The van der Waals surface area contributed by atoms with Crippen LogP contribution in [0.25, 0.3) is 11.0 Å². The Balaban J connectivity index is 1.85. The van der Waals surface area contributed by atoms with Crippen molar-refractivity contribution in [2.75, 3.05) is 18.0 Å². The summed E-state index contributed by atoms with van der Waals surface area (Å²) in [5.74, 6) is -0.231. The van der Waals surface area contributed by atoms with Crippen molar-refractivity contribution in [2.45, 2.75) is 57.8 Å². The Morgan fingerprint density at radius 2 is 1.86 bits per heavy atom. The highest BCUT2D eigenvalue weighted by molar-refractivity contribution is 5.92. The molecule has 0 bridgehead atoms. The number of fused-ring (bicyclic) bond motifs is 1. The molecule has 2 fully saturated rings. The van der Waals surface area contributed by atoms with Gasteiger partial charge < -0.3 is 20.1 Å². The van der Waals surface area contributed by atoms with Gasteiger partial charge in [-0.25, -0.2) is 4.79 Å². The molecule has 156 valence electrons. The fraction of sp³-hybridized carbons (Fsp3) is 0.571. The number of aliphatic hydroxyl groups excluding tert-OH is 1. The van der Waals surface area contributed by atoms with Gasteiger partial charge in [-0.3, -0.25) is 13.9 Å². The van der Waals surface area contributed by atoms with Crippen molar-refractivity contribution in [1.82, 2.24) is 14.5 Å². The molecule has 2 aliphatic heterocycles. The molecule has 2 aromatic rings. The average Bonchev–Trinajstić information content (AvgIpc) is 3.00. The molecule has 2 saturated heterocycles. The van der Waals surface area contributed by atoms with Crippen molar-refractivity contribution in [3.05, 3.63) is 28.7 Å². The maximum Gasteiger partial charge on any atom is 0.330 e. The number of aromatic nitrogens is 2. The number of hydrogen-bond donors (Lipinski definition) is 2. The summed E-state index contributed by atoms with van der Waals surface area (Å²) >= 11 is 0. The van der Waals surface area contributed by atoms with Crippen LogP contribution < -0.4 is 15.9 Å². The summed E-state index contributed by atoms with van der Waals surface area (Å²) in [5.41, 5.74) is 2.32. The first-order valence-corrected chi connectivity index (χ1v) is 10.4. The van der Waals surface area contributed by atoms with Gasteiger partial charge in [-0.1, -0.05) is 6.07 Å². The van der Waals surface area contributed by atoms with E-state index < -0.39 is 12.3 Å². The lowest BCUT2D eigenvalue weighted by Gasteiger charge is -2.32. The molecule has 1 aromatic heterocycles. The van der Waals surface area contributed by atoms with Crippen molar-refractivity contribution in [3.8, 4) is 0 Å². The number of para-hydroxylation sites is 1. The Kier molecular flexibility index (Phi) is 5.21. The zero-order valence-electron chi connectivity index (χ0n) is 16.9. The molecule has 3 heterocycles. The molecular weight excluding hydrogens is 372 g/mol. The van der Waals surface area contributed by atoms with Gasteiger partial charge in [-0.15, -0.1) is 0 Å². The van der Waals surface area contributed by atoms with Gasteiger partial charge in [-0.2, -0.15) is 0 Å². The van der Waals surface area contributed by atoms with Crippen LogP contribution in [-0.2, 0) is 9.59 Å². The number of hydrogen-bond acceptors (Lipinski definition) is 5. The topological polar surface area (TPSA) is 96.6 Å². The van der Waals surface area contributed by atoms with E-state index in [0.717, 1.165) is 48.9 Å². The minimum atomic E-state index is -0.859. The van der Waals surface area contributed by atoms with E-state index in [2.05, 4.69) is 10.2 Å². The predicted octanol–water partition coefficient (Wildman–Crippen LogP) is 1.57. The van der Waals surface area contributed by atoms with Crippen molar-refractivity contribution in [2.24, 2.45) is 5.92 Å². The van der Waals surface area contributed by atoms with Crippen LogP contribution in [0.1, 0.15) is 51.6 Å². The van der Waals surface area contributed by atoms with Crippen molar-refractivity contribution in [3.63, 3.8) is 0 Å². The van der Waals surface area contributed by atoms with E-state index in [9.17, 15) is 19.5 Å². The second-order valence-corrected chi connectivity index (χ2v) is 8.34. The largest absolute Gasteiger partial charge is 0.374 e. The molecule has 2 atom stereocenters. The second-order valence-electron chi connectivity index (χ2n) is 8.34. The zero-order valence-corrected chi connectivity index (χ0v) is 16.9. The molecular formula is C21H28N4O4. The maximum absolute atomic E-state index is 13.4. The third-order valence-corrected chi connectivity index (χ3v) is 6.13. The number of carbonyl (C=O) groups is 2. The number of aldehydes is 1. The molecule has 2 unspecified atom stereocenters. The Bertz CT molecular complexity index is 984. The summed E-state index contributed by atoms with van der Waals surface area (Å²) in [5, 5.41) is 12.3. The highest BCUT2D eigenvalue weighted by atomic mass is 16.3. The number of piperidine rings is 2. The molecule has 8 nitrogen and oxygen atoms in total. The number of rotatable bonds is 4. The summed E-state index contributed by atoms with van der Waals surface area (Å²) in [7, 11) is 0. The van der Waals surface area contributed by atoms with Gasteiger partial charge in [0.1, 0.15) is 18.6 Å². The summed E-state index contributed by atoms with van der Waals surface area (Å²) in [6.45, 7) is 5.45. The lowest BCUT2D eigenvalue weighted by Crippen LogP contribution is -2.46. The molecule has 4 rings (SSSR count). The van der Waals surface area contributed by atoms with E-state index >= 15 is 0 Å². The zero-order chi connectivity index (χ0) is 20.7. The molecule has 0 spiro atoms. The van der Waals surface area contributed by atoms with E-state index in [4.69, 9.17) is 0 Å². The number of benzene rings is 1. The minimum Gasteiger partial charge on any atom is -0.374 e. The van der Waals surface area contributed by atoms with Gasteiger partial charge >= 0.3 is 5.69 Å². The number of anilines is 1. The van der Waals surface area contributed by atoms with Gasteiger partial charge in [0.25, 0.3) is 0 Å². The number of amides is 1. The molecule has 8 heteroatoms. The van der Waals surface area contributed by atoms with E-state index in [1.807, 2.05) is 32.0 Å². The van der Waals surface area contributed by atoms with Crippen molar-refractivity contribution < 1.29 is 14.7 Å². The summed E-state index contributed by atoms with van der Waals surface area (Å²) in [6, 6.07) is 5.10. The summed E-state index contributed by atoms with van der Waals surface area (Å²) in [4.78, 5) is 39.3. The molecule has 1 amide bonds. The SMILES string of the molecule is CC(C)n1c(=O)n(C2CCC(O)NC2=O)c2cccc(N3CCC(C=O)CC3)c21. The molecule has 0 aliphatic carbocycles. The summed E-state index contributed by atoms with van der Waals surface area (Å²) in [6.07, 6.45) is 2.61. The van der Waals surface area contributed by atoms with Crippen LogP contribution in [-0.4, -0.2) is 45.8 Å². The van der Waals surface area contributed by atoms with E-state index in [0.29, 0.717) is 12.8 Å². The molecule has 0 saturated carbocycles. The molecule has 1 aromatic carbocycles. The first-order chi connectivity index (χ1) is 13.9. The van der Waals surface area contributed by atoms with Crippen molar-refractivity contribution >= 4 is 28.9 Å². The first-order valence-electron chi connectivity index (χ1n) is 10.4. The van der Waals surface area contributed by atoms with Gasteiger partial charge in [0.15, 0.2) is 0 Å². The van der Waals surface area contributed by atoms with E-state index in [1.54, 1.807) is 9.13 Å². The summed E-state index contributed by atoms with van der Waals surface area (Å²) < 4.78 is 3.34. The fourth-order valence-corrected chi connectivity index (χ4v) is 4.61. The number of nitrogens with one attached hydrogen (secondary N) is 1. The number of aliphatic hydroxyl groups is 1. The Labute approximate surface area is 169 Å². The Hall–Kier alpha value is -2.61. The highest BCUT2D eigenvalue weighted by Crippen LogP contribution is 2.33. The lowest BCUT2D eigenvalue weighted by atomic mass is 9.98. The normalized spacial score (nSPS) is 23.6. The van der Waals surface area contributed by atoms with Gasteiger partial charge in [-0.05, 0) is 51.7 Å². The Morgan fingerprint density at radius 3 is 2.48 bits per heavy atom. The third-order valence-electron chi connectivity index (χ3n) is 6.13. The minimum absolute atomic E-state index is 0.0721. The average molecular weight is 400 g/mol. The van der Waals surface area contributed by atoms with Crippen LogP contribution in [0.4, 0.5) is 5.69 Å². The quantitative estimate of drug-likeness (QED) is 0.760. The standard InChI is InChI=1S/C21H28N4O4/c1-13(2)24-19-15(23-10-8-14(12-26)9-11-23)4-3-5-16(19)25(21(24)29)17-6-7-18(27)22-20(17)28/h3-5,12-14,17-18,27H,6-11H2,1-2H3,(H,22,28).